The Balaban J connectivity index is 2.02. The fourth-order valence-corrected chi connectivity index (χ4v) is 2.73. The third kappa shape index (κ3) is 2.94. The highest BCUT2D eigenvalue weighted by Gasteiger charge is 2.20. The van der Waals surface area contributed by atoms with Crippen LogP contribution in [0, 0.1) is 13.8 Å². The summed E-state index contributed by atoms with van der Waals surface area (Å²) in [6.45, 7) is 3.58. The van der Waals surface area contributed by atoms with Gasteiger partial charge >= 0.3 is 0 Å². The predicted molar refractivity (Wildman–Crippen MR) is 96.5 cm³/mol. The number of phenols is 1. The second-order valence-corrected chi connectivity index (χ2v) is 5.91. The number of benzene rings is 2. The van der Waals surface area contributed by atoms with Crippen LogP contribution < -0.4 is 10.9 Å². The molecule has 2 N–H and O–H groups in total. The summed E-state index contributed by atoms with van der Waals surface area (Å²) in [4.78, 5) is 25.3. The lowest BCUT2D eigenvalue weighted by atomic mass is 10.1. The van der Waals surface area contributed by atoms with Gasteiger partial charge in [-0.1, -0.05) is 24.3 Å². The Morgan fingerprint density at radius 2 is 1.76 bits per heavy atom. The van der Waals surface area contributed by atoms with Crippen LogP contribution in [0.25, 0.3) is 5.69 Å². The Morgan fingerprint density at radius 3 is 2.40 bits per heavy atom. The number of hydrogen-bond acceptors (Lipinski definition) is 3. The first kappa shape index (κ1) is 16.6. The van der Waals surface area contributed by atoms with Gasteiger partial charge in [-0.15, -0.1) is 0 Å². The maximum atomic E-state index is 12.8. The molecule has 25 heavy (non-hydrogen) atoms. The standard InChI is InChI=1S/C19H19N3O3/c1-12-9-10-15(16(23)11-12)18(24)20-17-13(2)21(3)22(19(17)25)14-7-5-4-6-8-14/h4-11,23H,1-3H3,(H,20,24). The van der Waals surface area contributed by atoms with Crippen molar-refractivity contribution in [3.8, 4) is 11.4 Å². The molecule has 0 saturated carbocycles. The Bertz CT molecular complexity index is 1000. The van der Waals surface area contributed by atoms with E-state index in [-0.39, 0.29) is 22.6 Å². The van der Waals surface area contributed by atoms with Crippen molar-refractivity contribution in [3.05, 3.63) is 75.7 Å². The summed E-state index contributed by atoms with van der Waals surface area (Å²) in [5.41, 5.74) is 2.16. The number of aryl methyl sites for hydroxylation is 1. The van der Waals surface area contributed by atoms with E-state index < -0.39 is 5.91 Å². The number of phenolic OH excluding ortho intramolecular Hbond substituents is 1. The number of para-hydroxylation sites is 1. The quantitative estimate of drug-likeness (QED) is 0.771. The van der Waals surface area contributed by atoms with Gasteiger partial charge in [0.1, 0.15) is 11.4 Å². The van der Waals surface area contributed by atoms with Crippen LogP contribution in [0.5, 0.6) is 5.75 Å². The molecule has 0 aliphatic carbocycles. The smallest absolute Gasteiger partial charge is 0.295 e. The number of nitrogens with zero attached hydrogens (tertiary/aromatic N) is 2. The molecule has 0 atom stereocenters. The molecule has 2 aromatic carbocycles. The Morgan fingerprint density at radius 1 is 1.08 bits per heavy atom. The fourth-order valence-electron chi connectivity index (χ4n) is 2.73. The van der Waals surface area contributed by atoms with Crippen LogP contribution in [0.4, 0.5) is 5.69 Å². The molecular formula is C19H19N3O3. The van der Waals surface area contributed by atoms with Crippen LogP contribution in [-0.2, 0) is 7.05 Å². The van der Waals surface area contributed by atoms with E-state index in [4.69, 9.17) is 0 Å². The third-order valence-corrected chi connectivity index (χ3v) is 4.19. The van der Waals surface area contributed by atoms with Crippen molar-refractivity contribution in [1.29, 1.82) is 0 Å². The van der Waals surface area contributed by atoms with Crippen molar-refractivity contribution in [2.45, 2.75) is 13.8 Å². The highest BCUT2D eigenvalue weighted by Crippen LogP contribution is 2.21. The molecule has 0 spiro atoms. The van der Waals surface area contributed by atoms with Gasteiger partial charge in [-0.25, -0.2) is 4.68 Å². The second kappa shape index (κ2) is 6.32. The van der Waals surface area contributed by atoms with Crippen molar-refractivity contribution in [1.82, 2.24) is 9.36 Å². The maximum absolute atomic E-state index is 12.8. The van der Waals surface area contributed by atoms with E-state index in [9.17, 15) is 14.7 Å². The molecule has 128 valence electrons. The van der Waals surface area contributed by atoms with Crippen LogP contribution in [-0.4, -0.2) is 20.4 Å². The molecule has 0 aliphatic heterocycles. The molecule has 0 aliphatic rings. The molecule has 3 rings (SSSR count). The normalized spacial score (nSPS) is 10.7. The van der Waals surface area contributed by atoms with E-state index in [1.54, 1.807) is 24.7 Å². The number of amides is 1. The molecule has 6 nitrogen and oxygen atoms in total. The first-order chi connectivity index (χ1) is 11.9. The summed E-state index contributed by atoms with van der Waals surface area (Å²) in [5, 5.41) is 12.6. The second-order valence-electron chi connectivity index (χ2n) is 5.91. The summed E-state index contributed by atoms with van der Waals surface area (Å²) >= 11 is 0. The first-order valence-electron chi connectivity index (χ1n) is 7.85. The predicted octanol–water partition coefficient (Wildman–Crippen LogP) is 2.75. The zero-order valence-electron chi connectivity index (χ0n) is 14.3. The summed E-state index contributed by atoms with van der Waals surface area (Å²) in [6, 6.07) is 14.0. The third-order valence-electron chi connectivity index (χ3n) is 4.19. The lowest BCUT2D eigenvalue weighted by Crippen LogP contribution is -2.23. The van der Waals surface area contributed by atoms with Crippen molar-refractivity contribution in [3.63, 3.8) is 0 Å². The van der Waals surface area contributed by atoms with Gasteiger partial charge in [0, 0.05) is 7.05 Å². The molecule has 1 amide bonds. The first-order valence-corrected chi connectivity index (χ1v) is 7.85. The molecule has 0 bridgehead atoms. The van der Waals surface area contributed by atoms with Crippen molar-refractivity contribution in [2.24, 2.45) is 7.05 Å². The number of carbonyl (C=O) groups excluding carboxylic acids is 1. The molecule has 0 unspecified atom stereocenters. The minimum atomic E-state index is -0.525. The Labute approximate surface area is 144 Å². The lowest BCUT2D eigenvalue weighted by molar-refractivity contribution is 0.102. The van der Waals surface area contributed by atoms with Crippen LogP contribution in [0.2, 0.25) is 0 Å². The monoisotopic (exact) mass is 337 g/mol. The van der Waals surface area contributed by atoms with E-state index in [1.807, 2.05) is 37.3 Å². The van der Waals surface area contributed by atoms with Crippen molar-refractivity contribution < 1.29 is 9.90 Å². The number of carbonyl (C=O) groups is 1. The summed E-state index contributed by atoms with van der Waals surface area (Å²) in [5.74, 6) is -0.641. The molecule has 0 fully saturated rings. The van der Waals surface area contributed by atoms with E-state index >= 15 is 0 Å². The van der Waals surface area contributed by atoms with Gasteiger partial charge in [0.15, 0.2) is 0 Å². The number of rotatable bonds is 3. The van der Waals surface area contributed by atoms with Crippen LogP contribution in [0.3, 0.4) is 0 Å². The van der Waals surface area contributed by atoms with Gasteiger partial charge in [-0.2, -0.15) is 0 Å². The van der Waals surface area contributed by atoms with Crippen molar-refractivity contribution >= 4 is 11.6 Å². The lowest BCUT2D eigenvalue weighted by Gasteiger charge is -2.07. The average molecular weight is 337 g/mol. The molecule has 6 heteroatoms. The maximum Gasteiger partial charge on any atom is 0.295 e. The number of aromatic hydroxyl groups is 1. The molecule has 1 heterocycles. The van der Waals surface area contributed by atoms with Gasteiger partial charge in [0.2, 0.25) is 0 Å². The Hall–Kier alpha value is -3.28. The van der Waals surface area contributed by atoms with Gasteiger partial charge in [0.05, 0.1) is 16.9 Å². The highest BCUT2D eigenvalue weighted by atomic mass is 16.3. The van der Waals surface area contributed by atoms with Gasteiger partial charge in [-0.3, -0.25) is 14.3 Å². The number of hydrogen-bond donors (Lipinski definition) is 2. The molecule has 0 radical (unpaired) electrons. The zero-order valence-corrected chi connectivity index (χ0v) is 14.3. The SMILES string of the molecule is Cc1ccc(C(=O)Nc2c(C)n(C)n(-c3ccccc3)c2=O)c(O)c1. The van der Waals surface area contributed by atoms with Crippen LogP contribution >= 0.6 is 0 Å². The van der Waals surface area contributed by atoms with E-state index in [0.29, 0.717) is 11.4 Å². The van der Waals surface area contributed by atoms with Crippen LogP contribution in [0.1, 0.15) is 21.6 Å². The Kier molecular flexibility index (Phi) is 4.19. The van der Waals surface area contributed by atoms with E-state index in [1.165, 1.54) is 16.8 Å². The summed E-state index contributed by atoms with van der Waals surface area (Å²) < 4.78 is 3.17. The largest absolute Gasteiger partial charge is 0.507 e. The summed E-state index contributed by atoms with van der Waals surface area (Å²) in [7, 11) is 1.75. The molecule has 3 aromatic rings. The minimum absolute atomic E-state index is 0.116. The molecular weight excluding hydrogens is 318 g/mol. The highest BCUT2D eigenvalue weighted by molar-refractivity contribution is 6.06. The topological polar surface area (TPSA) is 76.3 Å². The fraction of sp³-hybridized carbons (Fsp3) is 0.158. The molecule has 0 saturated heterocycles. The van der Waals surface area contributed by atoms with Gasteiger partial charge in [-0.05, 0) is 43.7 Å². The number of aromatic nitrogens is 2. The van der Waals surface area contributed by atoms with E-state index in [2.05, 4.69) is 5.32 Å². The van der Waals surface area contributed by atoms with Gasteiger partial charge < -0.3 is 10.4 Å². The summed E-state index contributed by atoms with van der Waals surface area (Å²) in [6.07, 6.45) is 0. The van der Waals surface area contributed by atoms with Crippen molar-refractivity contribution in [2.75, 3.05) is 5.32 Å². The number of nitrogens with one attached hydrogen (secondary N) is 1. The minimum Gasteiger partial charge on any atom is -0.507 e. The molecule has 1 aromatic heterocycles. The van der Waals surface area contributed by atoms with Gasteiger partial charge in [0.25, 0.3) is 11.5 Å². The van der Waals surface area contributed by atoms with Crippen LogP contribution in [0.15, 0.2) is 53.3 Å². The van der Waals surface area contributed by atoms with E-state index in [0.717, 1.165) is 5.56 Å². The average Bonchev–Trinajstić information content (AvgIpc) is 2.79. The zero-order chi connectivity index (χ0) is 18.1. The number of anilines is 1.